The lowest BCUT2D eigenvalue weighted by Crippen LogP contribution is -2.40. The van der Waals surface area contributed by atoms with Gasteiger partial charge in [-0.05, 0) is 37.2 Å². The molecule has 1 aromatic carbocycles. The predicted octanol–water partition coefficient (Wildman–Crippen LogP) is 4.67. The molecule has 24 heavy (non-hydrogen) atoms. The second-order valence-corrected chi connectivity index (χ2v) is 7.03. The molecule has 0 unspecified atom stereocenters. The summed E-state index contributed by atoms with van der Waals surface area (Å²) >= 11 is 17.6. The number of benzene rings is 1. The van der Waals surface area contributed by atoms with E-state index in [-0.39, 0.29) is 0 Å². The van der Waals surface area contributed by atoms with Crippen LogP contribution in [0.25, 0.3) is 10.9 Å². The number of hydrogen-bond acceptors (Lipinski definition) is 3. The monoisotopic (exact) mass is 380 g/mol. The van der Waals surface area contributed by atoms with Crippen molar-refractivity contribution in [2.45, 2.75) is 38.1 Å². The number of hydrazone groups is 1. The van der Waals surface area contributed by atoms with Crippen LogP contribution >= 0.6 is 35.4 Å². The lowest BCUT2D eigenvalue weighted by atomic mass is 9.96. The Morgan fingerprint density at radius 3 is 2.83 bits per heavy atom. The summed E-state index contributed by atoms with van der Waals surface area (Å²) in [5, 5.41) is 9.84. The second-order valence-electron chi connectivity index (χ2n) is 5.86. The van der Waals surface area contributed by atoms with Crippen LogP contribution in [0.1, 0.15) is 37.7 Å². The zero-order valence-electron chi connectivity index (χ0n) is 13.1. The molecule has 0 saturated heterocycles. The maximum Gasteiger partial charge on any atom is 0.187 e. The maximum absolute atomic E-state index is 6.21. The van der Waals surface area contributed by atoms with Gasteiger partial charge in [0.2, 0.25) is 0 Å². The first-order chi connectivity index (χ1) is 11.6. The van der Waals surface area contributed by atoms with Gasteiger partial charge in [0.05, 0.1) is 16.8 Å². The highest BCUT2D eigenvalue weighted by Gasteiger charge is 2.13. The minimum absolute atomic E-state index is 0.354. The Bertz CT molecular complexity index is 773. The van der Waals surface area contributed by atoms with Gasteiger partial charge in [-0.3, -0.25) is 5.43 Å². The Hall–Kier alpha value is -1.43. The fourth-order valence-corrected chi connectivity index (χ4v) is 3.50. The maximum atomic E-state index is 6.21. The molecule has 1 saturated carbocycles. The lowest BCUT2D eigenvalue weighted by Gasteiger charge is -2.23. The molecule has 3 rings (SSSR count). The van der Waals surface area contributed by atoms with E-state index in [2.05, 4.69) is 20.8 Å². The summed E-state index contributed by atoms with van der Waals surface area (Å²) in [5.41, 5.74) is 4.23. The number of halogens is 2. The third-order valence-corrected chi connectivity index (χ3v) is 4.90. The summed E-state index contributed by atoms with van der Waals surface area (Å²) in [7, 11) is 0. The molecule has 0 aliphatic heterocycles. The molecule has 1 heterocycles. The van der Waals surface area contributed by atoms with Gasteiger partial charge in [0.1, 0.15) is 5.15 Å². The highest BCUT2D eigenvalue weighted by Crippen LogP contribution is 2.25. The van der Waals surface area contributed by atoms with Crippen molar-refractivity contribution >= 4 is 57.6 Å². The van der Waals surface area contributed by atoms with Crippen LogP contribution in [-0.2, 0) is 0 Å². The number of rotatable bonds is 3. The molecule has 0 atom stereocenters. The Morgan fingerprint density at radius 2 is 2.04 bits per heavy atom. The first-order valence-electron chi connectivity index (χ1n) is 7.98. The standard InChI is InChI=1S/C17H18Cl2N4S/c18-14-8-4-5-11-9-12(16(19)22-15(11)14)10-20-23-17(24)21-13-6-2-1-3-7-13/h4-5,8-10,13H,1-3,6-7H2,(H2,21,23,24)/b20-10+. The van der Waals surface area contributed by atoms with Gasteiger partial charge in [0.15, 0.2) is 5.11 Å². The molecule has 7 heteroatoms. The minimum Gasteiger partial charge on any atom is -0.359 e. The van der Waals surface area contributed by atoms with E-state index in [1.54, 1.807) is 12.3 Å². The smallest absolute Gasteiger partial charge is 0.187 e. The van der Waals surface area contributed by atoms with Crippen LogP contribution in [0.4, 0.5) is 0 Å². The molecule has 2 N–H and O–H groups in total. The normalized spacial score (nSPS) is 15.8. The van der Waals surface area contributed by atoms with Gasteiger partial charge < -0.3 is 5.32 Å². The van der Waals surface area contributed by atoms with Crippen LogP contribution < -0.4 is 10.7 Å². The molecule has 1 aliphatic rings. The van der Waals surface area contributed by atoms with Crippen molar-refractivity contribution in [2.75, 3.05) is 0 Å². The quantitative estimate of drug-likeness (QED) is 0.351. The SMILES string of the molecule is S=C(N/N=C/c1cc2cccc(Cl)c2nc1Cl)NC1CCCCC1. The third-order valence-electron chi connectivity index (χ3n) is 4.09. The molecule has 126 valence electrons. The van der Waals surface area contributed by atoms with Gasteiger partial charge >= 0.3 is 0 Å². The molecular formula is C17H18Cl2N4S. The lowest BCUT2D eigenvalue weighted by molar-refractivity contribution is 0.412. The zero-order chi connectivity index (χ0) is 16.9. The van der Waals surface area contributed by atoms with E-state index in [0.717, 1.165) is 18.2 Å². The molecule has 0 amide bonds. The Labute approximate surface area is 156 Å². The first-order valence-corrected chi connectivity index (χ1v) is 9.14. The third kappa shape index (κ3) is 4.35. The summed E-state index contributed by atoms with van der Waals surface area (Å²) in [4.78, 5) is 4.33. The van der Waals surface area contributed by atoms with Crippen molar-refractivity contribution in [3.63, 3.8) is 0 Å². The van der Waals surface area contributed by atoms with Crippen molar-refractivity contribution in [3.05, 3.63) is 40.0 Å². The largest absolute Gasteiger partial charge is 0.359 e. The number of hydrogen-bond donors (Lipinski definition) is 2. The topological polar surface area (TPSA) is 49.3 Å². The molecule has 1 aromatic heterocycles. The number of nitrogens with zero attached hydrogens (tertiary/aromatic N) is 2. The van der Waals surface area contributed by atoms with E-state index in [1.807, 2.05) is 18.2 Å². The zero-order valence-corrected chi connectivity index (χ0v) is 15.4. The van der Waals surface area contributed by atoms with Gasteiger partial charge in [-0.25, -0.2) is 4.98 Å². The van der Waals surface area contributed by atoms with Crippen molar-refractivity contribution in [3.8, 4) is 0 Å². The van der Waals surface area contributed by atoms with E-state index in [9.17, 15) is 0 Å². The fourth-order valence-electron chi connectivity index (χ4n) is 2.87. The van der Waals surface area contributed by atoms with Crippen LogP contribution in [-0.4, -0.2) is 22.4 Å². The number of thiocarbonyl (C=S) groups is 1. The Kier molecular flexibility index (Phi) is 5.87. The van der Waals surface area contributed by atoms with Crippen LogP contribution in [0.5, 0.6) is 0 Å². The number of pyridine rings is 1. The molecule has 2 aromatic rings. The van der Waals surface area contributed by atoms with Gasteiger partial charge in [-0.2, -0.15) is 5.10 Å². The minimum atomic E-state index is 0.354. The molecular weight excluding hydrogens is 363 g/mol. The van der Waals surface area contributed by atoms with Crippen LogP contribution in [0.2, 0.25) is 10.2 Å². The summed E-state index contributed by atoms with van der Waals surface area (Å²) < 4.78 is 0. The van der Waals surface area contributed by atoms with Gasteiger partial charge in [0, 0.05) is 17.0 Å². The van der Waals surface area contributed by atoms with Gasteiger partial charge in [-0.1, -0.05) is 54.6 Å². The highest BCUT2D eigenvalue weighted by molar-refractivity contribution is 7.80. The van der Waals surface area contributed by atoms with Crippen molar-refractivity contribution < 1.29 is 0 Å². The van der Waals surface area contributed by atoms with Crippen molar-refractivity contribution in [1.82, 2.24) is 15.7 Å². The summed E-state index contributed by atoms with van der Waals surface area (Å²) in [6.07, 6.45) is 7.76. The summed E-state index contributed by atoms with van der Waals surface area (Å²) in [5.74, 6) is 0. The Morgan fingerprint density at radius 1 is 1.25 bits per heavy atom. The average molecular weight is 381 g/mol. The molecule has 1 aliphatic carbocycles. The fraction of sp³-hybridized carbons (Fsp3) is 0.353. The van der Waals surface area contributed by atoms with E-state index in [0.29, 0.717) is 32.4 Å². The predicted molar refractivity (Wildman–Crippen MR) is 105 cm³/mol. The van der Waals surface area contributed by atoms with E-state index in [1.165, 1.54) is 19.3 Å². The number of fused-ring (bicyclic) bond motifs is 1. The molecule has 0 spiro atoms. The highest BCUT2D eigenvalue weighted by atomic mass is 35.5. The summed E-state index contributed by atoms with van der Waals surface area (Å²) in [6.45, 7) is 0. The second kappa shape index (κ2) is 8.10. The number of aromatic nitrogens is 1. The number of nitrogens with one attached hydrogen (secondary N) is 2. The average Bonchev–Trinajstić information content (AvgIpc) is 2.57. The molecule has 0 radical (unpaired) electrons. The van der Waals surface area contributed by atoms with Crippen molar-refractivity contribution in [1.29, 1.82) is 0 Å². The Balaban J connectivity index is 1.64. The molecule has 4 nitrogen and oxygen atoms in total. The number of para-hydroxylation sites is 1. The van der Waals surface area contributed by atoms with Crippen LogP contribution in [0, 0.1) is 0 Å². The molecule has 1 fully saturated rings. The van der Waals surface area contributed by atoms with Gasteiger partial charge in [0.25, 0.3) is 0 Å². The van der Waals surface area contributed by atoms with E-state index < -0.39 is 0 Å². The molecule has 0 bridgehead atoms. The van der Waals surface area contributed by atoms with Crippen LogP contribution in [0.15, 0.2) is 29.4 Å². The van der Waals surface area contributed by atoms with E-state index in [4.69, 9.17) is 35.4 Å². The van der Waals surface area contributed by atoms with Gasteiger partial charge in [-0.15, -0.1) is 0 Å². The van der Waals surface area contributed by atoms with Crippen LogP contribution in [0.3, 0.4) is 0 Å². The first kappa shape index (κ1) is 17.4. The van der Waals surface area contributed by atoms with E-state index >= 15 is 0 Å². The van der Waals surface area contributed by atoms with Crippen molar-refractivity contribution in [2.24, 2.45) is 5.10 Å². The summed E-state index contributed by atoms with van der Waals surface area (Å²) in [6, 6.07) is 7.95.